The number of halogens is 1. The maximum Gasteiger partial charge on any atom is 0.123 e. The van der Waals surface area contributed by atoms with Gasteiger partial charge in [-0.1, -0.05) is 24.2 Å². The van der Waals surface area contributed by atoms with Crippen LogP contribution in [0.25, 0.3) is 10.4 Å². The molecule has 68 valence electrons. The molecule has 0 aromatic heterocycles. The Bertz CT molecular complexity index is 331. The van der Waals surface area contributed by atoms with E-state index in [0.29, 0.717) is 6.42 Å². The maximum absolute atomic E-state index is 12.8. The monoisotopic (exact) mass is 179 g/mol. The molecule has 1 atom stereocenters. The molecule has 0 saturated heterocycles. The van der Waals surface area contributed by atoms with Crippen molar-refractivity contribution in [3.05, 3.63) is 46.1 Å². The van der Waals surface area contributed by atoms with Gasteiger partial charge in [0.05, 0.1) is 6.04 Å². The molecule has 0 amide bonds. The first-order chi connectivity index (χ1) is 6.27. The van der Waals surface area contributed by atoms with E-state index >= 15 is 0 Å². The fraction of sp³-hybridized carbons (Fsp3) is 0.333. The molecule has 0 spiro atoms. The van der Waals surface area contributed by atoms with E-state index in [1.807, 2.05) is 6.92 Å². The summed E-state index contributed by atoms with van der Waals surface area (Å²) in [6, 6.07) is 5.86. The van der Waals surface area contributed by atoms with Crippen molar-refractivity contribution in [2.24, 2.45) is 5.11 Å². The van der Waals surface area contributed by atoms with E-state index in [2.05, 4.69) is 10.0 Å². The van der Waals surface area contributed by atoms with Gasteiger partial charge in [0, 0.05) is 4.91 Å². The summed E-state index contributed by atoms with van der Waals surface area (Å²) in [5.74, 6) is -0.302. The van der Waals surface area contributed by atoms with Gasteiger partial charge in [0.15, 0.2) is 0 Å². The third kappa shape index (κ3) is 2.46. The van der Waals surface area contributed by atoms with Gasteiger partial charge in [-0.15, -0.1) is 0 Å². The topological polar surface area (TPSA) is 48.8 Å². The van der Waals surface area contributed by atoms with Gasteiger partial charge in [-0.25, -0.2) is 4.39 Å². The lowest BCUT2D eigenvalue weighted by molar-refractivity contribution is 0.616. The second kappa shape index (κ2) is 4.48. The van der Waals surface area contributed by atoms with Crippen molar-refractivity contribution < 1.29 is 4.39 Å². The highest BCUT2D eigenvalue weighted by atomic mass is 19.1. The second-order valence-electron chi connectivity index (χ2n) is 2.68. The quantitative estimate of drug-likeness (QED) is 0.387. The van der Waals surface area contributed by atoms with E-state index in [1.165, 1.54) is 12.1 Å². The second-order valence-corrected chi connectivity index (χ2v) is 2.68. The summed E-state index contributed by atoms with van der Waals surface area (Å²) in [7, 11) is 0. The van der Waals surface area contributed by atoms with Gasteiger partial charge < -0.3 is 0 Å². The van der Waals surface area contributed by atoms with Crippen LogP contribution in [0, 0.1) is 5.82 Å². The van der Waals surface area contributed by atoms with Gasteiger partial charge >= 0.3 is 0 Å². The largest absolute Gasteiger partial charge is 0.207 e. The van der Waals surface area contributed by atoms with E-state index in [-0.39, 0.29) is 11.9 Å². The van der Waals surface area contributed by atoms with Crippen LogP contribution < -0.4 is 0 Å². The molecule has 0 unspecified atom stereocenters. The predicted molar refractivity (Wildman–Crippen MR) is 48.6 cm³/mol. The van der Waals surface area contributed by atoms with E-state index in [0.717, 1.165) is 5.56 Å². The van der Waals surface area contributed by atoms with Gasteiger partial charge in [0.2, 0.25) is 0 Å². The number of rotatable bonds is 3. The van der Waals surface area contributed by atoms with Crippen molar-refractivity contribution in [2.75, 3.05) is 0 Å². The zero-order valence-corrected chi connectivity index (χ0v) is 7.31. The Morgan fingerprint density at radius 2 is 2.38 bits per heavy atom. The number of hydrogen-bond acceptors (Lipinski definition) is 1. The molecule has 3 nitrogen and oxygen atoms in total. The minimum atomic E-state index is -0.302. The normalized spacial score (nSPS) is 11.8. The van der Waals surface area contributed by atoms with E-state index in [1.54, 1.807) is 12.1 Å². The minimum Gasteiger partial charge on any atom is -0.207 e. The molecular formula is C9H10FN3. The van der Waals surface area contributed by atoms with Crippen LogP contribution in [-0.4, -0.2) is 0 Å². The summed E-state index contributed by atoms with van der Waals surface area (Å²) in [5, 5.41) is 3.57. The molecule has 0 aliphatic heterocycles. The van der Waals surface area contributed by atoms with Crippen molar-refractivity contribution in [2.45, 2.75) is 19.4 Å². The van der Waals surface area contributed by atoms with Gasteiger partial charge in [-0.2, -0.15) is 0 Å². The molecule has 13 heavy (non-hydrogen) atoms. The highest BCUT2D eigenvalue weighted by Crippen LogP contribution is 2.21. The molecule has 0 radical (unpaired) electrons. The Kier molecular flexibility index (Phi) is 3.29. The van der Waals surface area contributed by atoms with Crippen LogP contribution in [0.5, 0.6) is 0 Å². The first kappa shape index (κ1) is 9.55. The van der Waals surface area contributed by atoms with Crippen LogP contribution in [-0.2, 0) is 0 Å². The maximum atomic E-state index is 12.8. The van der Waals surface area contributed by atoms with Gasteiger partial charge in [-0.3, -0.25) is 0 Å². The molecule has 0 saturated carbocycles. The van der Waals surface area contributed by atoms with Crippen LogP contribution in [0.4, 0.5) is 4.39 Å². The predicted octanol–water partition coefficient (Wildman–Crippen LogP) is 3.59. The molecule has 1 aromatic carbocycles. The highest BCUT2D eigenvalue weighted by molar-refractivity contribution is 5.20. The Morgan fingerprint density at radius 3 is 2.92 bits per heavy atom. The molecule has 0 heterocycles. The van der Waals surface area contributed by atoms with Crippen LogP contribution >= 0.6 is 0 Å². The summed E-state index contributed by atoms with van der Waals surface area (Å²) in [4.78, 5) is 2.72. The number of benzene rings is 1. The average Bonchev–Trinajstić information content (AvgIpc) is 2.14. The molecule has 0 fully saturated rings. The van der Waals surface area contributed by atoms with Crippen molar-refractivity contribution in [1.29, 1.82) is 0 Å². The number of nitrogens with zero attached hydrogens (tertiary/aromatic N) is 3. The summed E-state index contributed by atoms with van der Waals surface area (Å²) in [6.45, 7) is 1.89. The molecule has 0 aliphatic carbocycles. The third-order valence-corrected chi connectivity index (χ3v) is 1.81. The van der Waals surface area contributed by atoms with Gasteiger partial charge in [0.1, 0.15) is 5.82 Å². The van der Waals surface area contributed by atoms with Crippen molar-refractivity contribution in [3.8, 4) is 0 Å². The third-order valence-electron chi connectivity index (χ3n) is 1.81. The van der Waals surface area contributed by atoms with E-state index in [9.17, 15) is 4.39 Å². The van der Waals surface area contributed by atoms with Crippen molar-refractivity contribution in [1.82, 2.24) is 0 Å². The molecule has 0 bridgehead atoms. The summed E-state index contributed by atoms with van der Waals surface area (Å²) in [6.07, 6.45) is 0.674. The lowest BCUT2D eigenvalue weighted by atomic mass is 10.1. The van der Waals surface area contributed by atoms with Crippen molar-refractivity contribution in [3.63, 3.8) is 0 Å². The zero-order chi connectivity index (χ0) is 9.68. The molecule has 1 rings (SSSR count). The first-order valence-corrected chi connectivity index (χ1v) is 4.07. The molecule has 4 heteroatoms. The Labute approximate surface area is 75.8 Å². The minimum absolute atomic E-state index is 0.263. The molecule has 0 aliphatic rings. The fourth-order valence-electron chi connectivity index (χ4n) is 1.16. The Balaban J connectivity index is 2.97. The zero-order valence-electron chi connectivity index (χ0n) is 7.31. The fourth-order valence-corrected chi connectivity index (χ4v) is 1.16. The number of azide groups is 1. The van der Waals surface area contributed by atoms with Crippen molar-refractivity contribution >= 4 is 0 Å². The van der Waals surface area contributed by atoms with Gasteiger partial charge in [-0.05, 0) is 29.6 Å². The van der Waals surface area contributed by atoms with E-state index < -0.39 is 0 Å². The van der Waals surface area contributed by atoms with Crippen LogP contribution in [0.3, 0.4) is 0 Å². The van der Waals surface area contributed by atoms with E-state index in [4.69, 9.17) is 5.53 Å². The van der Waals surface area contributed by atoms with Gasteiger partial charge in [0.25, 0.3) is 0 Å². The summed E-state index contributed by atoms with van der Waals surface area (Å²) < 4.78 is 12.8. The standard InChI is InChI=1S/C9H10FN3/c1-2-9(12-13-11)7-4-3-5-8(10)6-7/h3-6,9H,2H2,1H3/t9-/m0/s1. The molecule has 0 N–H and O–H groups in total. The first-order valence-electron chi connectivity index (χ1n) is 4.07. The lowest BCUT2D eigenvalue weighted by Crippen LogP contribution is -1.92. The lowest BCUT2D eigenvalue weighted by Gasteiger charge is -2.07. The SMILES string of the molecule is CC[C@H](N=[N+]=[N-])c1cccc(F)c1. The highest BCUT2D eigenvalue weighted by Gasteiger charge is 2.06. The summed E-state index contributed by atoms with van der Waals surface area (Å²) >= 11 is 0. The number of hydrogen-bond donors (Lipinski definition) is 0. The Hall–Kier alpha value is -1.54. The van der Waals surface area contributed by atoms with Crippen LogP contribution in [0.2, 0.25) is 0 Å². The average molecular weight is 179 g/mol. The smallest absolute Gasteiger partial charge is 0.123 e. The van der Waals surface area contributed by atoms with Crippen LogP contribution in [0.1, 0.15) is 24.9 Å². The molecular weight excluding hydrogens is 169 g/mol. The Morgan fingerprint density at radius 1 is 1.62 bits per heavy atom. The summed E-state index contributed by atoms with van der Waals surface area (Å²) in [5.41, 5.74) is 8.99. The molecule has 1 aromatic rings. The van der Waals surface area contributed by atoms with Crippen LogP contribution in [0.15, 0.2) is 29.4 Å².